The summed E-state index contributed by atoms with van der Waals surface area (Å²) in [4.78, 5) is 0. The Bertz CT molecular complexity index is 360. The third-order valence-corrected chi connectivity index (χ3v) is 2.88. The number of hydrogen-bond donors (Lipinski definition) is 0. The molecule has 0 bridgehead atoms. The van der Waals surface area contributed by atoms with Crippen molar-refractivity contribution in [1.29, 1.82) is 0 Å². The molecule has 0 saturated heterocycles. The molecule has 98 valence electrons. The van der Waals surface area contributed by atoms with Crippen molar-refractivity contribution in [3.63, 3.8) is 0 Å². The van der Waals surface area contributed by atoms with E-state index in [1.54, 1.807) is 0 Å². The molecule has 0 aromatic carbocycles. The van der Waals surface area contributed by atoms with E-state index in [9.17, 15) is 16.8 Å². The summed E-state index contributed by atoms with van der Waals surface area (Å²) in [5.41, 5.74) is -2.32. The summed E-state index contributed by atoms with van der Waals surface area (Å²) in [5.74, 6) is 0.00849. The Morgan fingerprint density at radius 3 is 1.13 bits per heavy atom. The van der Waals surface area contributed by atoms with E-state index in [0.717, 1.165) is 6.92 Å². The van der Waals surface area contributed by atoms with Gasteiger partial charge in [0, 0.05) is 24.1 Å². The summed E-state index contributed by atoms with van der Waals surface area (Å²) in [7, 11) is 2.07. The van der Waals surface area contributed by atoms with Crippen LogP contribution < -0.4 is 0 Å². The predicted octanol–water partition coefficient (Wildman–Crippen LogP) is 2.81. The molecule has 0 atom stereocenters. The van der Waals surface area contributed by atoms with Gasteiger partial charge in [-0.25, -0.2) is 16.8 Å². The van der Waals surface area contributed by atoms with Crippen LogP contribution >= 0.6 is 21.4 Å². The minimum absolute atomic E-state index is 0. The number of halogens is 2. The number of hydrogen-bond acceptors (Lipinski definition) is 4. The first-order valence-corrected chi connectivity index (χ1v) is 8.46. The summed E-state index contributed by atoms with van der Waals surface area (Å²) in [6.45, 7) is 6.37. The first kappa shape index (κ1) is 17.9. The van der Waals surface area contributed by atoms with E-state index in [0.29, 0.717) is 0 Å². The molecule has 0 N–H and O–H groups in total. The maximum Gasteiger partial charge on any atom is 0.232 e. The van der Waals surface area contributed by atoms with Crippen LogP contribution in [0.3, 0.4) is 0 Å². The van der Waals surface area contributed by atoms with Gasteiger partial charge in [0.05, 0.1) is 11.5 Å². The van der Waals surface area contributed by atoms with Crippen molar-refractivity contribution in [2.45, 2.75) is 35.1 Å². The molecule has 0 aliphatic heterocycles. The Kier molecular flexibility index (Phi) is 14.9. The first-order valence-electron chi connectivity index (χ1n) is 4.68. The average molecular weight is 305 g/mol. The van der Waals surface area contributed by atoms with Gasteiger partial charge in [-0.2, -0.15) is 0 Å². The van der Waals surface area contributed by atoms with E-state index >= 15 is 0 Å². The predicted molar refractivity (Wildman–Crippen MR) is 68.7 cm³/mol. The highest BCUT2D eigenvalue weighted by Gasteiger charge is 1.95. The molecule has 0 heterocycles. The highest BCUT2D eigenvalue weighted by molar-refractivity contribution is 8.14. The van der Waals surface area contributed by atoms with Crippen molar-refractivity contribution in [3.05, 3.63) is 0 Å². The largest absolute Gasteiger partial charge is 0.232 e. The van der Waals surface area contributed by atoms with Crippen molar-refractivity contribution in [2.24, 2.45) is 0 Å². The maximum absolute atomic E-state index is 10.0. The molecule has 4 nitrogen and oxygen atoms in total. The van der Waals surface area contributed by atoms with Gasteiger partial charge in [0.25, 0.3) is 0 Å². The highest BCUT2D eigenvalue weighted by atomic mass is 35.7. The van der Waals surface area contributed by atoms with Crippen LogP contribution in [0.1, 0.15) is 37.9 Å². The second-order valence-electron chi connectivity index (χ2n) is 1.47. The standard InChI is InChI=1S/2C2H5ClO2S.C2H6.CH4/c2*1-2-6(3,4)5;1-2;/h2*2H2,1H3;1-2H3;1H4/i2D2;;;. The normalized spacial score (nSPS) is 12.7. The molecule has 8 heteroatoms. The molecule has 0 aliphatic carbocycles. The van der Waals surface area contributed by atoms with Crippen LogP contribution in [0.4, 0.5) is 0 Å². The van der Waals surface area contributed by atoms with Crippen LogP contribution in [-0.2, 0) is 18.1 Å². The lowest BCUT2D eigenvalue weighted by Crippen LogP contribution is -1.88. The smallest absolute Gasteiger partial charge is 0.212 e. The first-order chi connectivity index (χ1) is 6.81. The molecule has 0 amide bonds. The van der Waals surface area contributed by atoms with Crippen LogP contribution in [0.5, 0.6) is 0 Å². The van der Waals surface area contributed by atoms with Gasteiger partial charge < -0.3 is 0 Å². The lowest BCUT2D eigenvalue weighted by atomic mass is 11.0. The van der Waals surface area contributed by atoms with Crippen molar-refractivity contribution in [3.8, 4) is 0 Å². The molecule has 0 rings (SSSR count). The molecule has 0 aromatic rings. The van der Waals surface area contributed by atoms with E-state index in [1.807, 2.05) is 13.8 Å². The summed E-state index contributed by atoms with van der Waals surface area (Å²) < 4.78 is 52.7. The van der Waals surface area contributed by atoms with E-state index in [1.165, 1.54) is 6.92 Å². The molecule has 0 aromatic heterocycles. The third kappa shape index (κ3) is 53.7. The fourth-order valence-corrected chi connectivity index (χ4v) is 0. The quantitative estimate of drug-likeness (QED) is 0.736. The second-order valence-corrected chi connectivity index (χ2v) is 7.04. The molecule has 0 spiro atoms. The van der Waals surface area contributed by atoms with Crippen LogP contribution in [-0.4, -0.2) is 28.3 Å². The minimum Gasteiger partial charge on any atom is -0.212 e. The van der Waals surface area contributed by atoms with Crippen molar-refractivity contribution < 1.29 is 19.6 Å². The third-order valence-electron chi connectivity index (χ3n) is 0.589. The second kappa shape index (κ2) is 12.5. The number of rotatable bonds is 2. The minimum atomic E-state index is -4.03. The zero-order valence-corrected chi connectivity index (χ0v) is 11.6. The van der Waals surface area contributed by atoms with Gasteiger partial charge in [0.1, 0.15) is 0 Å². The molecule has 0 unspecified atom stereocenters. The monoisotopic (exact) mass is 304 g/mol. The Hall–Kier alpha value is 0.480. The van der Waals surface area contributed by atoms with Crippen LogP contribution in [0.25, 0.3) is 0 Å². The van der Waals surface area contributed by atoms with Gasteiger partial charge in [0.2, 0.25) is 18.1 Å². The zero-order chi connectivity index (χ0) is 14.2. The molecular formula is C7H20Cl2O4S2. The van der Waals surface area contributed by atoms with E-state index in [-0.39, 0.29) is 13.2 Å². The van der Waals surface area contributed by atoms with Gasteiger partial charge in [-0.3, -0.25) is 0 Å². The SMILES string of the molecule is C.CC.CCS(=O)(=O)Cl.[2H]C([2H])(C)S(=O)(=O)Cl. The Morgan fingerprint density at radius 1 is 1.00 bits per heavy atom. The lowest BCUT2D eigenvalue weighted by molar-refractivity contribution is 0.609. The van der Waals surface area contributed by atoms with Crippen molar-refractivity contribution >= 4 is 39.5 Å². The Morgan fingerprint density at radius 2 is 1.13 bits per heavy atom. The van der Waals surface area contributed by atoms with E-state index in [4.69, 9.17) is 2.74 Å². The molecule has 0 aliphatic rings. The fourth-order valence-electron chi connectivity index (χ4n) is 0. The van der Waals surface area contributed by atoms with Crippen LogP contribution in [0.15, 0.2) is 0 Å². The van der Waals surface area contributed by atoms with Gasteiger partial charge in [-0.05, 0) is 0 Å². The Labute approximate surface area is 106 Å². The van der Waals surface area contributed by atoms with Gasteiger partial charge in [-0.1, -0.05) is 35.1 Å². The summed E-state index contributed by atoms with van der Waals surface area (Å²) in [5, 5.41) is 0. The molecule has 0 fully saturated rings. The van der Waals surface area contributed by atoms with E-state index < -0.39 is 23.8 Å². The average Bonchev–Trinajstić information content (AvgIpc) is 2.04. The maximum atomic E-state index is 10.0. The molecular weight excluding hydrogens is 283 g/mol. The van der Waals surface area contributed by atoms with Gasteiger partial charge in [0.15, 0.2) is 0 Å². The van der Waals surface area contributed by atoms with Gasteiger partial charge in [-0.15, -0.1) is 0 Å². The van der Waals surface area contributed by atoms with Crippen molar-refractivity contribution in [1.82, 2.24) is 0 Å². The lowest BCUT2D eigenvalue weighted by Gasteiger charge is -1.77. The van der Waals surface area contributed by atoms with Gasteiger partial charge >= 0.3 is 0 Å². The highest BCUT2D eigenvalue weighted by Crippen LogP contribution is 1.92. The Balaban J connectivity index is -0.0000000844. The summed E-state index contributed by atoms with van der Waals surface area (Å²) in [6, 6.07) is 0. The van der Waals surface area contributed by atoms with Crippen LogP contribution in [0.2, 0.25) is 0 Å². The molecule has 15 heavy (non-hydrogen) atoms. The van der Waals surface area contributed by atoms with Crippen LogP contribution in [0, 0.1) is 0 Å². The summed E-state index contributed by atoms with van der Waals surface area (Å²) in [6.07, 6.45) is 0. The topological polar surface area (TPSA) is 68.3 Å². The molecule has 0 radical (unpaired) electrons. The summed E-state index contributed by atoms with van der Waals surface area (Å²) >= 11 is 0. The zero-order valence-electron chi connectivity index (χ0n) is 10.4. The molecule has 0 saturated carbocycles. The van der Waals surface area contributed by atoms with E-state index in [2.05, 4.69) is 21.4 Å². The van der Waals surface area contributed by atoms with Crippen molar-refractivity contribution in [2.75, 3.05) is 11.5 Å². The fraction of sp³-hybridized carbons (Fsp3) is 1.00.